The Balaban J connectivity index is 1.75. The van der Waals surface area contributed by atoms with Crippen molar-refractivity contribution in [2.24, 2.45) is 0 Å². The lowest BCUT2D eigenvalue weighted by Crippen LogP contribution is -2.36. The van der Waals surface area contributed by atoms with E-state index in [1.165, 1.54) is 18.2 Å². The number of rotatable bonds is 3. The number of nitrogens with zero attached hydrogens (tertiary/aromatic N) is 1. The van der Waals surface area contributed by atoms with Gasteiger partial charge in [0.2, 0.25) is 11.7 Å². The van der Waals surface area contributed by atoms with Gasteiger partial charge in [-0.05, 0) is 35.7 Å². The molecule has 0 spiro atoms. The largest absolute Gasteiger partial charge is 0.494 e. The van der Waals surface area contributed by atoms with Gasteiger partial charge in [0.15, 0.2) is 0 Å². The molecule has 2 N–H and O–H groups in total. The molecular formula is C21H12ClFN2O5S. The second kappa shape index (κ2) is 8.21. The molecule has 4 rings (SSSR count). The molecule has 0 saturated carbocycles. The van der Waals surface area contributed by atoms with Crippen molar-refractivity contribution in [3.63, 3.8) is 0 Å². The number of para-hydroxylation sites is 1. The van der Waals surface area contributed by atoms with E-state index in [-0.39, 0.29) is 32.1 Å². The van der Waals surface area contributed by atoms with E-state index < -0.39 is 29.6 Å². The number of thiophene rings is 1. The summed E-state index contributed by atoms with van der Waals surface area (Å²) in [6.45, 7) is 0. The maximum Gasteiger partial charge on any atom is 0.420 e. The molecule has 0 fully saturated rings. The van der Waals surface area contributed by atoms with Crippen LogP contribution in [0.2, 0.25) is 5.02 Å². The number of imide groups is 1. The van der Waals surface area contributed by atoms with Gasteiger partial charge in [0.05, 0.1) is 21.0 Å². The van der Waals surface area contributed by atoms with Gasteiger partial charge in [-0.3, -0.25) is 4.79 Å². The van der Waals surface area contributed by atoms with Crippen molar-refractivity contribution >= 4 is 51.7 Å². The smallest absolute Gasteiger partial charge is 0.420 e. The first-order valence-corrected chi connectivity index (χ1v) is 10.0. The maximum absolute atomic E-state index is 14.1. The maximum atomic E-state index is 14.1. The summed E-state index contributed by atoms with van der Waals surface area (Å²) in [5.74, 6) is -2.03. The molecule has 156 valence electrons. The number of fused-ring (bicyclic) bond motifs is 1. The predicted octanol–water partition coefficient (Wildman–Crippen LogP) is 5.19. The number of ketones is 1. The molecule has 2 aromatic heterocycles. The van der Waals surface area contributed by atoms with Gasteiger partial charge >= 0.3 is 12.1 Å². The quantitative estimate of drug-likeness (QED) is 0.412. The van der Waals surface area contributed by atoms with Crippen LogP contribution >= 0.6 is 22.9 Å². The van der Waals surface area contributed by atoms with Crippen LogP contribution in [0.15, 0.2) is 60.0 Å². The van der Waals surface area contributed by atoms with Crippen LogP contribution in [0.3, 0.4) is 0 Å². The first-order chi connectivity index (χ1) is 14.9. The third-order valence-corrected chi connectivity index (χ3v) is 5.48. The third-order valence-electron chi connectivity index (χ3n) is 4.32. The zero-order chi connectivity index (χ0) is 22.1. The fourth-order valence-electron chi connectivity index (χ4n) is 2.99. The lowest BCUT2D eigenvalue weighted by molar-refractivity contribution is 0.104. The Hall–Kier alpha value is -3.69. The van der Waals surface area contributed by atoms with Gasteiger partial charge in [-0.15, -0.1) is 11.3 Å². The first kappa shape index (κ1) is 20.6. The number of carbonyl (C=O) groups is 3. The second-order valence-electron chi connectivity index (χ2n) is 6.26. The highest BCUT2D eigenvalue weighted by Gasteiger charge is 2.29. The number of halogens is 2. The number of benzene rings is 2. The molecule has 2 amide bonds. The molecule has 2 aromatic carbocycles. The monoisotopic (exact) mass is 458 g/mol. The fraction of sp³-hybridized carbons (Fsp3) is 0. The van der Waals surface area contributed by atoms with E-state index in [2.05, 4.69) is 0 Å². The number of aromatic hydroxyl groups is 1. The summed E-state index contributed by atoms with van der Waals surface area (Å²) in [4.78, 5) is 38.0. The minimum absolute atomic E-state index is 0.0376. The van der Waals surface area contributed by atoms with Crippen LogP contribution in [-0.2, 0) is 0 Å². The van der Waals surface area contributed by atoms with Crippen molar-refractivity contribution in [1.82, 2.24) is 9.88 Å². The summed E-state index contributed by atoms with van der Waals surface area (Å²) in [6, 6.07) is 12.1. The molecule has 0 radical (unpaired) electrons. The molecule has 4 aromatic rings. The van der Waals surface area contributed by atoms with E-state index in [1.807, 2.05) is 5.32 Å². The molecule has 7 nitrogen and oxygen atoms in total. The topological polar surface area (TPSA) is 97.6 Å². The van der Waals surface area contributed by atoms with E-state index in [9.17, 15) is 23.9 Å². The van der Waals surface area contributed by atoms with E-state index in [0.29, 0.717) is 4.57 Å². The average Bonchev–Trinajstić information content (AvgIpc) is 3.35. The van der Waals surface area contributed by atoms with Crippen LogP contribution in [0.1, 0.15) is 15.2 Å². The van der Waals surface area contributed by atoms with Crippen LogP contribution in [0, 0.1) is 5.82 Å². The summed E-state index contributed by atoms with van der Waals surface area (Å²) in [5.41, 5.74) is -0.353. The number of hydrogen-bond donors (Lipinski definition) is 2. The normalized spacial score (nSPS) is 10.8. The Bertz CT molecular complexity index is 1320. The third kappa shape index (κ3) is 3.88. The molecule has 0 unspecified atom stereocenters. The number of nitrogens with one attached hydrogen (secondary N) is 1. The van der Waals surface area contributed by atoms with Gasteiger partial charge in [0.25, 0.3) is 0 Å². The average molecular weight is 459 g/mol. The Morgan fingerprint density at radius 3 is 2.52 bits per heavy atom. The standard InChI is InChI=1S/C21H12ClFN2O5S/c22-13-10-15-12(9-14(13)23)17(18(26)16-7-4-8-31-16)19(27)25(15)20(28)24-21(29)30-11-5-2-1-3-6-11/h1-10,27H,(H,24,28,29). The molecular weight excluding hydrogens is 447 g/mol. The van der Waals surface area contributed by atoms with Gasteiger partial charge < -0.3 is 9.84 Å². The van der Waals surface area contributed by atoms with E-state index in [4.69, 9.17) is 16.3 Å². The van der Waals surface area contributed by atoms with Crippen LogP contribution in [0.4, 0.5) is 14.0 Å². The first-order valence-electron chi connectivity index (χ1n) is 8.75. The molecule has 0 aliphatic heterocycles. The van der Waals surface area contributed by atoms with Gasteiger partial charge in [-0.1, -0.05) is 35.9 Å². The Morgan fingerprint density at radius 1 is 1.10 bits per heavy atom. The minimum atomic E-state index is -1.11. The van der Waals surface area contributed by atoms with Crippen molar-refractivity contribution in [3.8, 4) is 11.6 Å². The molecule has 0 bridgehead atoms. The van der Waals surface area contributed by atoms with E-state index in [0.717, 1.165) is 23.5 Å². The van der Waals surface area contributed by atoms with E-state index >= 15 is 0 Å². The zero-order valence-electron chi connectivity index (χ0n) is 15.5. The zero-order valence-corrected chi connectivity index (χ0v) is 17.0. The Morgan fingerprint density at radius 2 is 1.84 bits per heavy atom. The summed E-state index contributed by atoms with van der Waals surface area (Å²) < 4.78 is 19.8. The van der Waals surface area contributed by atoms with Crippen LogP contribution < -0.4 is 10.1 Å². The highest BCUT2D eigenvalue weighted by atomic mass is 35.5. The summed E-state index contributed by atoms with van der Waals surface area (Å²) >= 11 is 6.96. The van der Waals surface area contributed by atoms with Crippen molar-refractivity contribution in [2.45, 2.75) is 0 Å². The molecule has 2 heterocycles. The summed E-state index contributed by atoms with van der Waals surface area (Å²) in [7, 11) is 0. The van der Waals surface area contributed by atoms with Gasteiger partial charge in [0, 0.05) is 5.39 Å². The molecule has 0 aliphatic carbocycles. The van der Waals surface area contributed by atoms with Crippen molar-refractivity contribution in [3.05, 3.63) is 81.3 Å². The summed E-state index contributed by atoms with van der Waals surface area (Å²) in [5, 5.41) is 14.0. The van der Waals surface area contributed by atoms with Crippen molar-refractivity contribution in [2.75, 3.05) is 0 Å². The number of aromatic nitrogens is 1. The van der Waals surface area contributed by atoms with Gasteiger partial charge in [-0.2, -0.15) is 0 Å². The SMILES string of the molecule is O=C(NC(=O)n1c(O)c(C(=O)c2cccs2)c2cc(F)c(Cl)cc21)Oc1ccccc1. The van der Waals surface area contributed by atoms with Crippen LogP contribution in [0.25, 0.3) is 10.9 Å². The predicted molar refractivity (Wildman–Crippen MR) is 113 cm³/mol. The van der Waals surface area contributed by atoms with Gasteiger partial charge in [-0.25, -0.2) is 23.9 Å². The number of amides is 2. The number of ether oxygens (including phenoxy) is 1. The number of carbonyl (C=O) groups excluding carboxylic acids is 3. The Labute approximate surface area is 183 Å². The van der Waals surface area contributed by atoms with Crippen molar-refractivity contribution < 1.29 is 28.6 Å². The molecule has 10 heteroatoms. The Kier molecular flexibility index (Phi) is 5.45. The fourth-order valence-corrected chi connectivity index (χ4v) is 3.82. The molecule has 0 saturated heterocycles. The molecule has 0 atom stereocenters. The highest BCUT2D eigenvalue weighted by Crippen LogP contribution is 2.36. The lowest BCUT2D eigenvalue weighted by atomic mass is 10.1. The van der Waals surface area contributed by atoms with Crippen LogP contribution in [-0.4, -0.2) is 27.6 Å². The summed E-state index contributed by atoms with van der Waals surface area (Å²) in [6.07, 6.45) is -1.11. The number of hydrogen-bond acceptors (Lipinski definition) is 6. The van der Waals surface area contributed by atoms with Crippen LogP contribution in [0.5, 0.6) is 11.6 Å². The highest BCUT2D eigenvalue weighted by molar-refractivity contribution is 7.12. The minimum Gasteiger partial charge on any atom is -0.494 e. The second-order valence-corrected chi connectivity index (χ2v) is 7.61. The van der Waals surface area contributed by atoms with Gasteiger partial charge in [0.1, 0.15) is 11.6 Å². The lowest BCUT2D eigenvalue weighted by Gasteiger charge is -2.08. The van der Waals surface area contributed by atoms with Crippen molar-refractivity contribution in [1.29, 1.82) is 0 Å². The molecule has 0 aliphatic rings. The molecule has 31 heavy (non-hydrogen) atoms. The van der Waals surface area contributed by atoms with E-state index in [1.54, 1.807) is 29.6 Å².